The van der Waals surface area contributed by atoms with Gasteiger partial charge in [-0.25, -0.2) is 24.9 Å². The Morgan fingerprint density at radius 3 is 2.97 bits per heavy atom. The number of pyridine rings is 2. The molecule has 0 radical (unpaired) electrons. The van der Waals surface area contributed by atoms with Crippen LogP contribution in [0, 0.1) is 6.92 Å². The first kappa shape index (κ1) is 21.7. The van der Waals surface area contributed by atoms with E-state index in [9.17, 15) is 0 Å². The molecule has 1 atom stereocenters. The summed E-state index contributed by atoms with van der Waals surface area (Å²) in [4.78, 5) is 25.0. The average Bonchev–Trinajstić information content (AvgIpc) is 3.29. The lowest BCUT2D eigenvalue weighted by atomic mass is 10.1. The SMILES string of the molecule is Cc1cc(Nc2ncnc3cc4c(nc23)N2CCNC[C@H]2CO4)ccc1Oc1cc2ncn(C)c2cn1. The molecule has 11 nitrogen and oxygen atoms in total. The second kappa shape index (κ2) is 8.56. The van der Waals surface area contributed by atoms with Crippen LogP contribution in [0.2, 0.25) is 0 Å². The second-order valence-electron chi connectivity index (χ2n) is 9.34. The third-order valence-electron chi connectivity index (χ3n) is 6.85. The molecule has 4 aromatic heterocycles. The van der Waals surface area contributed by atoms with E-state index in [1.165, 1.54) is 0 Å². The van der Waals surface area contributed by atoms with Gasteiger partial charge in [-0.15, -0.1) is 0 Å². The number of rotatable bonds is 4. The van der Waals surface area contributed by atoms with E-state index in [4.69, 9.17) is 14.5 Å². The summed E-state index contributed by atoms with van der Waals surface area (Å²) in [6.45, 7) is 5.33. The zero-order valence-corrected chi connectivity index (χ0v) is 20.5. The summed E-state index contributed by atoms with van der Waals surface area (Å²) < 4.78 is 14.0. The number of imidazole rings is 1. The molecule has 0 saturated carbocycles. The van der Waals surface area contributed by atoms with E-state index in [0.717, 1.165) is 64.8 Å². The fourth-order valence-corrected chi connectivity index (χ4v) is 4.89. The van der Waals surface area contributed by atoms with Crippen LogP contribution in [0.4, 0.5) is 17.3 Å². The van der Waals surface area contributed by atoms with Gasteiger partial charge in [0.25, 0.3) is 0 Å². The Labute approximate surface area is 212 Å². The summed E-state index contributed by atoms with van der Waals surface area (Å²) >= 11 is 0. The minimum absolute atomic E-state index is 0.273. The van der Waals surface area contributed by atoms with Gasteiger partial charge >= 0.3 is 0 Å². The van der Waals surface area contributed by atoms with Gasteiger partial charge in [-0.1, -0.05) is 0 Å². The Kier molecular flexibility index (Phi) is 5.03. The lowest BCUT2D eigenvalue weighted by Gasteiger charge is -2.40. The average molecular weight is 496 g/mol. The van der Waals surface area contributed by atoms with Gasteiger partial charge < -0.3 is 29.6 Å². The van der Waals surface area contributed by atoms with Crippen LogP contribution in [-0.2, 0) is 7.05 Å². The molecule has 37 heavy (non-hydrogen) atoms. The van der Waals surface area contributed by atoms with Gasteiger partial charge in [0, 0.05) is 44.5 Å². The van der Waals surface area contributed by atoms with Crippen molar-refractivity contribution in [3.63, 3.8) is 0 Å². The van der Waals surface area contributed by atoms with Crippen LogP contribution in [-0.4, -0.2) is 61.8 Å². The molecule has 0 amide bonds. The standard InChI is InChI=1S/C26H25N9O2/c1-15-7-16(3-4-21(15)37-23-9-18-20(11-28-23)34(2)14-31-18)32-25-24-19(29-13-30-25)8-22-26(33-24)35-6-5-27-10-17(35)12-36-22/h3-4,7-9,11,13-14,17,27H,5-6,10,12H2,1-2H3,(H,29,30,32)/t17-/m0/s1. The molecule has 11 heteroatoms. The molecule has 1 fully saturated rings. The number of aryl methyl sites for hydroxylation is 2. The molecular weight excluding hydrogens is 470 g/mol. The second-order valence-corrected chi connectivity index (χ2v) is 9.34. The molecular formula is C26H25N9O2. The van der Waals surface area contributed by atoms with E-state index < -0.39 is 0 Å². The number of nitrogens with one attached hydrogen (secondary N) is 2. The van der Waals surface area contributed by atoms with E-state index in [1.54, 1.807) is 18.9 Å². The fraction of sp³-hybridized carbons (Fsp3) is 0.269. The Hall–Kier alpha value is -4.51. The molecule has 186 valence electrons. The van der Waals surface area contributed by atoms with Crippen molar-refractivity contribution in [2.45, 2.75) is 13.0 Å². The summed E-state index contributed by atoms with van der Waals surface area (Å²) in [6, 6.07) is 9.94. The summed E-state index contributed by atoms with van der Waals surface area (Å²) in [5, 5.41) is 6.84. The number of benzene rings is 1. The number of ether oxygens (including phenoxy) is 2. The van der Waals surface area contributed by atoms with E-state index in [0.29, 0.717) is 23.8 Å². The van der Waals surface area contributed by atoms with Crippen molar-refractivity contribution >= 4 is 39.4 Å². The number of hydrogen-bond acceptors (Lipinski definition) is 10. The third kappa shape index (κ3) is 3.84. The van der Waals surface area contributed by atoms with Crippen LogP contribution < -0.4 is 25.0 Å². The van der Waals surface area contributed by atoms with Gasteiger partial charge in [-0.2, -0.15) is 0 Å². The Morgan fingerprint density at radius 1 is 1.11 bits per heavy atom. The van der Waals surface area contributed by atoms with E-state index in [1.807, 2.05) is 48.9 Å². The number of aromatic nitrogens is 6. The van der Waals surface area contributed by atoms with Crippen LogP contribution in [0.3, 0.4) is 0 Å². The van der Waals surface area contributed by atoms with Gasteiger partial charge in [-0.3, -0.25) is 0 Å². The molecule has 2 aliphatic heterocycles. The molecule has 6 heterocycles. The molecule has 0 aliphatic carbocycles. The molecule has 0 unspecified atom stereocenters. The smallest absolute Gasteiger partial charge is 0.221 e. The molecule has 1 aromatic carbocycles. The molecule has 5 aromatic rings. The van der Waals surface area contributed by atoms with E-state index in [-0.39, 0.29) is 6.04 Å². The molecule has 0 spiro atoms. The predicted molar refractivity (Wildman–Crippen MR) is 140 cm³/mol. The van der Waals surface area contributed by atoms with E-state index >= 15 is 0 Å². The first-order valence-corrected chi connectivity index (χ1v) is 12.2. The maximum absolute atomic E-state index is 6.06. The fourth-order valence-electron chi connectivity index (χ4n) is 4.89. The normalized spacial score (nSPS) is 16.8. The Bertz CT molecular complexity index is 1650. The number of fused-ring (bicyclic) bond motifs is 5. The molecule has 7 rings (SSSR count). The van der Waals surface area contributed by atoms with Crippen LogP contribution in [0.5, 0.6) is 17.4 Å². The number of nitrogens with zero attached hydrogens (tertiary/aromatic N) is 7. The van der Waals surface area contributed by atoms with Gasteiger partial charge in [0.05, 0.1) is 35.1 Å². The lowest BCUT2D eigenvalue weighted by Crippen LogP contribution is -2.56. The molecule has 2 N–H and O–H groups in total. The zero-order chi connectivity index (χ0) is 24.9. The van der Waals surface area contributed by atoms with Crippen molar-refractivity contribution in [2.75, 3.05) is 36.5 Å². The lowest BCUT2D eigenvalue weighted by molar-refractivity contribution is 0.245. The largest absolute Gasteiger partial charge is 0.487 e. The van der Waals surface area contributed by atoms with Gasteiger partial charge in [0.1, 0.15) is 24.2 Å². The third-order valence-corrected chi connectivity index (χ3v) is 6.85. The molecule has 2 aliphatic rings. The van der Waals surface area contributed by atoms with Gasteiger partial charge in [0.2, 0.25) is 5.88 Å². The predicted octanol–water partition coefficient (Wildman–Crippen LogP) is 3.32. The monoisotopic (exact) mass is 495 g/mol. The maximum Gasteiger partial charge on any atom is 0.221 e. The first-order chi connectivity index (χ1) is 18.1. The first-order valence-electron chi connectivity index (χ1n) is 12.2. The van der Waals surface area contributed by atoms with Crippen LogP contribution >= 0.6 is 0 Å². The summed E-state index contributed by atoms with van der Waals surface area (Å²) in [5.74, 6) is 3.47. The highest BCUT2D eigenvalue weighted by Gasteiger charge is 2.31. The van der Waals surface area contributed by atoms with Crippen molar-refractivity contribution in [2.24, 2.45) is 7.05 Å². The van der Waals surface area contributed by atoms with Crippen molar-refractivity contribution in [3.8, 4) is 17.4 Å². The van der Waals surface area contributed by atoms with E-state index in [2.05, 4.69) is 35.5 Å². The highest BCUT2D eigenvalue weighted by molar-refractivity contribution is 5.90. The Morgan fingerprint density at radius 2 is 2.05 bits per heavy atom. The van der Waals surface area contributed by atoms with Crippen LogP contribution in [0.15, 0.2) is 49.2 Å². The van der Waals surface area contributed by atoms with Gasteiger partial charge in [0.15, 0.2) is 17.4 Å². The summed E-state index contributed by atoms with van der Waals surface area (Å²) in [5.41, 5.74) is 5.05. The van der Waals surface area contributed by atoms with Crippen molar-refractivity contribution in [3.05, 3.63) is 54.7 Å². The maximum atomic E-state index is 6.06. The molecule has 0 bridgehead atoms. The van der Waals surface area contributed by atoms with Gasteiger partial charge in [-0.05, 0) is 30.7 Å². The number of piperazine rings is 1. The number of anilines is 3. The van der Waals surface area contributed by atoms with Crippen molar-refractivity contribution in [1.29, 1.82) is 0 Å². The van der Waals surface area contributed by atoms with Crippen LogP contribution in [0.25, 0.3) is 22.1 Å². The highest BCUT2D eigenvalue weighted by Crippen LogP contribution is 2.37. The highest BCUT2D eigenvalue weighted by atomic mass is 16.5. The summed E-state index contributed by atoms with van der Waals surface area (Å²) in [7, 11) is 1.94. The molecule has 1 saturated heterocycles. The topological polar surface area (TPSA) is 115 Å². The summed E-state index contributed by atoms with van der Waals surface area (Å²) in [6.07, 6.45) is 5.07. The number of hydrogen-bond donors (Lipinski definition) is 2. The Balaban J connectivity index is 1.17. The minimum Gasteiger partial charge on any atom is -0.487 e. The quantitative estimate of drug-likeness (QED) is 0.385. The van der Waals surface area contributed by atoms with Crippen LogP contribution in [0.1, 0.15) is 5.56 Å². The zero-order valence-electron chi connectivity index (χ0n) is 20.5. The minimum atomic E-state index is 0.273. The van der Waals surface area contributed by atoms with Crippen molar-refractivity contribution < 1.29 is 9.47 Å². The van der Waals surface area contributed by atoms with Crippen molar-refractivity contribution in [1.82, 2.24) is 34.8 Å².